The van der Waals surface area contributed by atoms with E-state index in [9.17, 15) is 9.59 Å². The van der Waals surface area contributed by atoms with Crippen molar-refractivity contribution in [2.75, 3.05) is 20.0 Å². The number of rotatable bonds is 3. The summed E-state index contributed by atoms with van der Waals surface area (Å²) in [6, 6.07) is 8.51. The van der Waals surface area contributed by atoms with Crippen LogP contribution in [-0.4, -0.2) is 29.0 Å². The van der Waals surface area contributed by atoms with Crippen molar-refractivity contribution in [2.24, 2.45) is 0 Å². The number of fused-ring (bicyclic) bond motifs is 3. The number of aromatic amines is 2. The fourth-order valence-corrected chi connectivity index (χ4v) is 3.27. The minimum absolute atomic E-state index is 0.208. The summed E-state index contributed by atoms with van der Waals surface area (Å²) in [6.45, 7) is 1.92. The first kappa shape index (κ1) is 16.8. The molecule has 0 spiro atoms. The van der Waals surface area contributed by atoms with Crippen molar-refractivity contribution < 1.29 is 9.47 Å². The maximum atomic E-state index is 12.6. The maximum Gasteiger partial charge on any atom is 0.261 e. The molecule has 2 heterocycles. The van der Waals surface area contributed by atoms with Gasteiger partial charge >= 0.3 is 0 Å². The Bertz CT molecular complexity index is 1310. The van der Waals surface area contributed by atoms with Crippen LogP contribution in [0.25, 0.3) is 27.5 Å². The number of H-pyrrole nitrogens is 2. The summed E-state index contributed by atoms with van der Waals surface area (Å²) in [7, 11) is 3.03. The number of nitrogens with one attached hydrogen (secondary N) is 2. The number of benzene rings is 2. The summed E-state index contributed by atoms with van der Waals surface area (Å²) in [6.07, 6.45) is 0. The van der Waals surface area contributed by atoms with E-state index in [1.165, 1.54) is 13.2 Å². The highest BCUT2D eigenvalue weighted by molar-refractivity contribution is 6.07. The Morgan fingerprint density at radius 3 is 2.44 bits per heavy atom. The van der Waals surface area contributed by atoms with E-state index in [1.54, 1.807) is 23.9 Å². The topological polar surface area (TPSA) is 115 Å². The summed E-state index contributed by atoms with van der Waals surface area (Å²) < 4.78 is 12.0. The molecule has 0 atom stereocenters. The zero-order valence-electron chi connectivity index (χ0n) is 15.0. The number of nitrogens with zero attached hydrogens (tertiary/aromatic N) is 1. The smallest absolute Gasteiger partial charge is 0.261 e. The van der Waals surface area contributed by atoms with Gasteiger partial charge in [-0.3, -0.25) is 14.7 Å². The quantitative estimate of drug-likeness (QED) is 0.513. The highest BCUT2D eigenvalue weighted by atomic mass is 16.5. The predicted octanol–water partition coefficient (Wildman–Crippen LogP) is 2.07. The molecular weight excluding hydrogens is 348 g/mol. The van der Waals surface area contributed by atoms with Gasteiger partial charge in [-0.2, -0.15) is 0 Å². The fraction of sp³-hybridized carbons (Fsp3) is 0.158. The second-order valence-electron chi connectivity index (χ2n) is 6.24. The van der Waals surface area contributed by atoms with E-state index in [4.69, 9.17) is 15.2 Å². The molecule has 2 aromatic heterocycles. The molecule has 0 aliphatic heterocycles. The molecule has 0 aliphatic rings. The predicted molar refractivity (Wildman–Crippen MR) is 104 cm³/mol. The molecule has 0 saturated heterocycles. The third-order valence-corrected chi connectivity index (χ3v) is 4.66. The van der Waals surface area contributed by atoms with Gasteiger partial charge in [-0.05, 0) is 18.6 Å². The summed E-state index contributed by atoms with van der Waals surface area (Å²) in [4.78, 5) is 28.0. The molecule has 0 fully saturated rings. The number of pyridine rings is 1. The lowest BCUT2D eigenvalue weighted by molar-refractivity contribution is 0.414. The molecule has 4 N–H and O–H groups in total. The number of hydrogen-bond acceptors (Lipinski definition) is 5. The number of methoxy groups -OCH3 is 2. The number of ether oxygens (including phenoxy) is 2. The van der Waals surface area contributed by atoms with Crippen LogP contribution in [0.4, 0.5) is 5.82 Å². The molecular formula is C19H18N4O4. The average Bonchev–Trinajstić information content (AvgIpc) is 2.99. The lowest BCUT2D eigenvalue weighted by Gasteiger charge is -2.10. The van der Waals surface area contributed by atoms with Gasteiger partial charge in [-0.15, -0.1) is 0 Å². The van der Waals surface area contributed by atoms with Crippen molar-refractivity contribution >= 4 is 27.6 Å². The Hall–Kier alpha value is -3.68. The van der Waals surface area contributed by atoms with Crippen molar-refractivity contribution in [2.45, 2.75) is 6.92 Å². The monoisotopic (exact) mass is 366 g/mol. The Kier molecular flexibility index (Phi) is 3.69. The number of nitrogen functional groups attached to an aromatic ring is 1. The zero-order chi connectivity index (χ0) is 19.3. The molecule has 138 valence electrons. The van der Waals surface area contributed by atoms with E-state index < -0.39 is 5.56 Å². The Labute approximate surface area is 153 Å². The van der Waals surface area contributed by atoms with Crippen molar-refractivity contribution in [3.05, 3.63) is 56.5 Å². The van der Waals surface area contributed by atoms with Crippen LogP contribution < -0.4 is 26.2 Å². The Morgan fingerprint density at radius 1 is 1.00 bits per heavy atom. The van der Waals surface area contributed by atoms with Crippen LogP contribution in [0.15, 0.2) is 39.9 Å². The SMILES string of the molecule is COc1ccc(C)c(-n2[nH]c3c(c2N)c(=O)[nH]c2cc(OC)cc(=O)c23)c1. The summed E-state index contributed by atoms with van der Waals surface area (Å²) >= 11 is 0. The average molecular weight is 366 g/mol. The normalized spacial score (nSPS) is 11.2. The largest absolute Gasteiger partial charge is 0.497 e. The molecule has 0 saturated carbocycles. The third-order valence-electron chi connectivity index (χ3n) is 4.66. The summed E-state index contributed by atoms with van der Waals surface area (Å²) in [5.41, 5.74) is 8.00. The maximum absolute atomic E-state index is 12.6. The van der Waals surface area contributed by atoms with Crippen molar-refractivity contribution in [1.29, 1.82) is 0 Å². The number of hydrogen-bond donors (Lipinski definition) is 3. The number of aryl methyl sites for hydroxylation is 1. The first-order valence-electron chi connectivity index (χ1n) is 8.24. The minimum atomic E-state index is -0.391. The van der Waals surface area contributed by atoms with Crippen molar-refractivity contribution in [3.63, 3.8) is 0 Å². The summed E-state index contributed by atoms with van der Waals surface area (Å²) in [5, 5.41) is 3.68. The first-order valence-corrected chi connectivity index (χ1v) is 8.24. The molecule has 0 radical (unpaired) electrons. The lowest BCUT2D eigenvalue weighted by atomic mass is 10.1. The van der Waals surface area contributed by atoms with Crippen LogP contribution in [0.2, 0.25) is 0 Å². The van der Waals surface area contributed by atoms with Gasteiger partial charge in [0.25, 0.3) is 5.56 Å². The van der Waals surface area contributed by atoms with Crippen LogP contribution in [0.3, 0.4) is 0 Å². The van der Waals surface area contributed by atoms with Crippen LogP contribution in [0, 0.1) is 6.92 Å². The van der Waals surface area contributed by atoms with Crippen molar-refractivity contribution in [3.8, 4) is 17.2 Å². The van der Waals surface area contributed by atoms with Crippen LogP contribution in [-0.2, 0) is 0 Å². The highest BCUT2D eigenvalue weighted by Crippen LogP contribution is 2.29. The van der Waals surface area contributed by atoms with E-state index >= 15 is 0 Å². The van der Waals surface area contributed by atoms with E-state index in [1.807, 2.05) is 19.1 Å². The van der Waals surface area contributed by atoms with Crippen LogP contribution in [0.5, 0.6) is 11.5 Å². The summed E-state index contributed by atoms with van der Waals surface area (Å²) in [5.74, 6) is 1.23. The molecule has 0 amide bonds. The number of anilines is 1. The standard InChI is InChI=1S/C19H18N4O4/c1-9-4-5-10(26-2)7-13(9)23-18(20)16-17(22-23)15-12(21-19(16)25)6-11(27-3)8-14(15)24/h4-8,22H,20H2,1-3H3,(H,21,25). The molecule has 8 heteroatoms. The number of nitrogens with two attached hydrogens (primary N) is 1. The highest BCUT2D eigenvalue weighted by Gasteiger charge is 2.18. The molecule has 2 aromatic carbocycles. The van der Waals surface area contributed by atoms with E-state index in [2.05, 4.69) is 10.1 Å². The molecule has 0 bridgehead atoms. The van der Waals surface area contributed by atoms with E-state index in [0.717, 1.165) is 11.3 Å². The van der Waals surface area contributed by atoms with Gasteiger partial charge in [-0.1, -0.05) is 6.07 Å². The third kappa shape index (κ3) is 2.45. The molecule has 8 nitrogen and oxygen atoms in total. The molecule has 0 unspecified atom stereocenters. The van der Waals surface area contributed by atoms with Gasteiger partial charge in [0.05, 0.1) is 36.3 Å². The van der Waals surface area contributed by atoms with Gasteiger partial charge in [0.1, 0.15) is 22.7 Å². The van der Waals surface area contributed by atoms with Gasteiger partial charge < -0.3 is 20.2 Å². The number of aromatic nitrogens is 3. The van der Waals surface area contributed by atoms with Crippen molar-refractivity contribution in [1.82, 2.24) is 14.8 Å². The minimum Gasteiger partial charge on any atom is -0.497 e. The fourth-order valence-electron chi connectivity index (χ4n) is 3.27. The van der Waals surface area contributed by atoms with Crippen LogP contribution >= 0.6 is 0 Å². The second kappa shape index (κ2) is 5.94. The van der Waals surface area contributed by atoms with E-state index in [-0.39, 0.29) is 16.6 Å². The Morgan fingerprint density at radius 2 is 1.74 bits per heavy atom. The second-order valence-corrected chi connectivity index (χ2v) is 6.24. The molecule has 0 aliphatic carbocycles. The zero-order valence-corrected chi connectivity index (χ0v) is 15.0. The van der Waals surface area contributed by atoms with E-state index in [0.29, 0.717) is 27.9 Å². The van der Waals surface area contributed by atoms with Gasteiger partial charge in [0.2, 0.25) is 0 Å². The molecule has 4 aromatic rings. The lowest BCUT2D eigenvalue weighted by Crippen LogP contribution is -2.11. The van der Waals surface area contributed by atoms with Gasteiger partial charge in [0, 0.05) is 18.2 Å². The first-order chi connectivity index (χ1) is 12.9. The van der Waals surface area contributed by atoms with Gasteiger partial charge in [0.15, 0.2) is 5.43 Å². The van der Waals surface area contributed by atoms with Gasteiger partial charge in [-0.25, -0.2) is 4.68 Å². The molecule has 27 heavy (non-hydrogen) atoms. The Balaban J connectivity index is 2.13. The molecule has 4 rings (SSSR count). The van der Waals surface area contributed by atoms with Crippen LogP contribution in [0.1, 0.15) is 5.56 Å².